The number of hydrogen-bond donors (Lipinski definition) is 1. The third-order valence-corrected chi connectivity index (χ3v) is 7.66. The molecule has 166 valence electrons. The zero-order chi connectivity index (χ0) is 23.1. The van der Waals surface area contributed by atoms with Crippen LogP contribution in [0.4, 0.5) is 4.79 Å². The van der Waals surface area contributed by atoms with Gasteiger partial charge in [-0.15, -0.1) is 11.3 Å². The van der Waals surface area contributed by atoms with Crippen molar-refractivity contribution in [3.63, 3.8) is 0 Å². The van der Waals surface area contributed by atoms with Crippen LogP contribution >= 0.6 is 11.3 Å². The van der Waals surface area contributed by atoms with Crippen molar-refractivity contribution >= 4 is 29.4 Å². The molecule has 0 radical (unpaired) electrons. The first-order valence-corrected chi connectivity index (χ1v) is 11.9. The second kappa shape index (κ2) is 8.38. The zero-order valence-electron chi connectivity index (χ0n) is 18.6. The van der Waals surface area contributed by atoms with Gasteiger partial charge in [-0.05, 0) is 68.4 Å². The third-order valence-electron chi connectivity index (χ3n) is 6.38. The van der Waals surface area contributed by atoms with Gasteiger partial charge in [0.05, 0.1) is 12.1 Å². The number of amides is 3. The van der Waals surface area contributed by atoms with Crippen LogP contribution in [-0.2, 0) is 24.2 Å². The Hall–Kier alpha value is -3.63. The second-order valence-corrected chi connectivity index (χ2v) is 9.61. The van der Waals surface area contributed by atoms with E-state index in [-0.39, 0.29) is 18.1 Å². The molecular formula is C26H24N4O2S. The molecule has 1 aliphatic heterocycles. The lowest BCUT2D eigenvalue weighted by molar-refractivity contribution is -0.123. The number of hydrogen-bond acceptors (Lipinski definition) is 4. The quantitative estimate of drug-likeness (QED) is 0.443. The summed E-state index contributed by atoms with van der Waals surface area (Å²) in [6, 6.07) is 13.5. The van der Waals surface area contributed by atoms with Gasteiger partial charge in [-0.2, -0.15) is 5.26 Å². The monoisotopic (exact) mass is 456 g/mol. The first-order chi connectivity index (χ1) is 16.0. The molecule has 0 saturated carbocycles. The highest BCUT2D eigenvalue weighted by Crippen LogP contribution is 2.38. The number of carbonyl (C=O) groups excluding carboxylic acids is 2. The number of urea groups is 1. The summed E-state index contributed by atoms with van der Waals surface area (Å²) in [5.74, 6) is -0.335. The second-order valence-electron chi connectivity index (χ2n) is 8.53. The summed E-state index contributed by atoms with van der Waals surface area (Å²) in [4.78, 5) is 28.0. The molecule has 1 fully saturated rings. The first-order valence-electron chi connectivity index (χ1n) is 11.1. The molecule has 33 heavy (non-hydrogen) atoms. The number of nitriles is 1. The predicted octanol–water partition coefficient (Wildman–Crippen LogP) is 5.00. The molecule has 1 aliphatic carbocycles. The molecule has 2 aliphatic rings. The largest absolute Gasteiger partial charge is 0.329 e. The van der Waals surface area contributed by atoms with Crippen molar-refractivity contribution in [1.29, 1.82) is 5.26 Å². The summed E-state index contributed by atoms with van der Waals surface area (Å²) in [5, 5.41) is 13.6. The van der Waals surface area contributed by atoms with Crippen molar-refractivity contribution in [2.24, 2.45) is 0 Å². The Labute approximate surface area is 196 Å². The smallest absolute Gasteiger partial charge is 0.308 e. The number of aryl methyl sites for hydroxylation is 2. The van der Waals surface area contributed by atoms with Gasteiger partial charge in [-0.1, -0.05) is 30.3 Å². The summed E-state index contributed by atoms with van der Waals surface area (Å²) < 4.78 is 2.11. The molecule has 3 amide bonds. The summed E-state index contributed by atoms with van der Waals surface area (Å²) in [5.41, 5.74) is 5.92. The number of nitrogens with one attached hydrogen (secondary N) is 1. The van der Waals surface area contributed by atoms with E-state index in [9.17, 15) is 14.9 Å². The van der Waals surface area contributed by atoms with Crippen LogP contribution in [0.1, 0.15) is 51.4 Å². The van der Waals surface area contributed by atoms with Gasteiger partial charge in [-0.25, -0.2) is 4.79 Å². The average Bonchev–Trinajstić information content (AvgIpc) is 3.41. The molecule has 1 N–H and O–H groups in total. The molecule has 0 bridgehead atoms. The number of benzene rings is 1. The maximum absolute atomic E-state index is 13.0. The van der Waals surface area contributed by atoms with Crippen LogP contribution in [0.2, 0.25) is 0 Å². The fourth-order valence-corrected chi connectivity index (χ4v) is 6.16. The number of aromatic nitrogens is 1. The summed E-state index contributed by atoms with van der Waals surface area (Å²) in [6.45, 7) is 4.22. The van der Waals surface area contributed by atoms with Crippen molar-refractivity contribution < 1.29 is 9.59 Å². The number of fused-ring (bicyclic) bond motifs is 1. The lowest BCUT2D eigenvalue weighted by atomic mass is 9.96. The average molecular weight is 457 g/mol. The van der Waals surface area contributed by atoms with Crippen LogP contribution in [0.3, 0.4) is 0 Å². The molecule has 2 aromatic heterocycles. The highest BCUT2D eigenvalue weighted by atomic mass is 32.1. The van der Waals surface area contributed by atoms with Crippen molar-refractivity contribution in [2.45, 2.75) is 46.1 Å². The lowest BCUT2D eigenvalue weighted by Gasteiger charge is -2.11. The molecule has 5 rings (SSSR count). The van der Waals surface area contributed by atoms with Gasteiger partial charge in [0.25, 0.3) is 5.91 Å². The van der Waals surface area contributed by atoms with E-state index in [1.165, 1.54) is 21.8 Å². The van der Waals surface area contributed by atoms with E-state index in [0.717, 1.165) is 52.3 Å². The summed E-state index contributed by atoms with van der Waals surface area (Å²) >= 11 is 1.70. The molecule has 0 unspecified atom stereocenters. The highest BCUT2D eigenvalue weighted by Gasteiger charge is 2.34. The van der Waals surface area contributed by atoms with Crippen LogP contribution in [-0.4, -0.2) is 21.4 Å². The SMILES string of the molecule is Cc1cc(/C=C2/NC(=O)N(Cc3ccccc3)C2=O)c(C)n1-c1sc2c(c1C#N)CCCC2. The molecule has 3 heterocycles. The van der Waals surface area contributed by atoms with E-state index in [2.05, 4.69) is 16.0 Å². The van der Waals surface area contributed by atoms with E-state index in [1.807, 2.05) is 50.2 Å². The van der Waals surface area contributed by atoms with E-state index >= 15 is 0 Å². The normalized spacial score (nSPS) is 16.8. The Morgan fingerprint density at radius 2 is 1.91 bits per heavy atom. The standard InChI is InChI=1S/C26H24N4O2S/c1-16-12-19(13-22-24(31)29(26(32)28-22)15-18-8-4-3-5-9-18)17(2)30(16)25-21(14-27)20-10-6-7-11-23(20)33-25/h3-5,8-9,12-13H,6-7,10-11,15H2,1-2H3,(H,28,32)/b22-13+. The maximum atomic E-state index is 13.0. The van der Waals surface area contributed by atoms with E-state index in [4.69, 9.17) is 0 Å². The van der Waals surface area contributed by atoms with Gasteiger partial charge in [0.1, 0.15) is 16.8 Å². The molecule has 0 spiro atoms. The fourth-order valence-electron chi connectivity index (χ4n) is 4.71. The molecular weight excluding hydrogens is 432 g/mol. The fraction of sp³-hybridized carbons (Fsp3) is 0.269. The zero-order valence-corrected chi connectivity index (χ0v) is 19.5. The van der Waals surface area contributed by atoms with Crippen LogP contribution in [0.15, 0.2) is 42.1 Å². The van der Waals surface area contributed by atoms with Crippen molar-refractivity contribution in [3.05, 3.63) is 80.6 Å². The molecule has 1 saturated heterocycles. The topological polar surface area (TPSA) is 78.1 Å². The third kappa shape index (κ3) is 3.66. The van der Waals surface area contributed by atoms with Crippen molar-refractivity contribution in [2.75, 3.05) is 0 Å². The number of rotatable bonds is 4. The van der Waals surface area contributed by atoms with Crippen LogP contribution in [0, 0.1) is 25.2 Å². The maximum Gasteiger partial charge on any atom is 0.329 e. The Balaban J connectivity index is 1.49. The lowest BCUT2D eigenvalue weighted by Crippen LogP contribution is -2.30. The number of imide groups is 1. The molecule has 1 aromatic carbocycles. The summed E-state index contributed by atoms with van der Waals surface area (Å²) in [6.07, 6.45) is 6.02. The number of carbonyl (C=O) groups is 2. The molecule has 7 heteroatoms. The predicted molar refractivity (Wildman–Crippen MR) is 128 cm³/mol. The minimum Gasteiger partial charge on any atom is -0.308 e. The molecule has 0 atom stereocenters. The highest BCUT2D eigenvalue weighted by molar-refractivity contribution is 7.15. The van der Waals surface area contributed by atoms with Gasteiger partial charge in [-0.3, -0.25) is 9.69 Å². The minimum absolute atomic E-state index is 0.230. The van der Waals surface area contributed by atoms with Crippen LogP contribution < -0.4 is 5.32 Å². The van der Waals surface area contributed by atoms with E-state index in [1.54, 1.807) is 17.4 Å². The Kier molecular flexibility index (Phi) is 5.39. The number of nitrogens with zero attached hydrogens (tertiary/aromatic N) is 3. The first kappa shape index (κ1) is 21.2. The van der Waals surface area contributed by atoms with Gasteiger partial charge in [0.15, 0.2) is 0 Å². The van der Waals surface area contributed by atoms with Crippen molar-refractivity contribution in [1.82, 2.24) is 14.8 Å². The minimum atomic E-state index is -0.415. The van der Waals surface area contributed by atoms with Gasteiger partial charge in [0.2, 0.25) is 0 Å². The Morgan fingerprint density at radius 3 is 2.67 bits per heavy atom. The van der Waals surface area contributed by atoms with E-state index < -0.39 is 6.03 Å². The summed E-state index contributed by atoms with van der Waals surface area (Å²) in [7, 11) is 0. The Bertz CT molecular complexity index is 1340. The van der Waals surface area contributed by atoms with Gasteiger partial charge >= 0.3 is 6.03 Å². The molecule has 6 nitrogen and oxygen atoms in total. The molecule has 3 aromatic rings. The Morgan fingerprint density at radius 1 is 1.15 bits per heavy atom. The van der Waals surface area contributed by atoms with Crippen molar-refractivity contribution in [3.8, 4) is 11.1 Å². The van der Waals surface area contributed by atoms with Crippen LogP contribution in [0.5, 0.6) is 0 Å². The number of thiophene rings is 1. The van der Waals surface area contributed by atoms with Gasteiger partial charge in [0, 0.05) is 16.3 Å². The van der Waals surface area contributed by atoms with Crippen LogP contribution in [0.25, 0.3) is 11.1 Å². The van der Waals surface area contributed by atoms with E-state index in [0.29, 0.717) is 0 Å². The van der Waals surface area contributed by atoms with Gasteiger partial charge < -0.3 is 9.88 Å².